The van der Waals surface area contributed by atoms with Gasteiger partial charge in [-0.25, -0.2) is 0 Å². The average molecular weight is 317 g/mol. The molecule has 0 unspecified atom stereocenters. The molecular weight excluding hydrogens is 290 g/mol. The molecule has 0 aliphatic carbocycles. The standard InChI is InChI=1S/C18H27N3O2/c1-18(2,3)17(23)19-13-16(22)21-11-9-20(10-12-21)14-15-7-5-4-6-8-15/h4-8H,9-14H2,1-3H3,(H,19,23). The van der Waals surface area contributed by atoms with Crippen LogP contribution in [-0.4, -0.2) is 54.3 Å². The van der Waals surface area contributed by atoms with Gasteiger partial charge in [0.25, 0.3) is 0 Å². The summed E-state index contributed by atoms with van der Waals surface area (Å²) in [5, 5.41) is 2.73. The summed E-state index contributed by atoms with van der Waals surface area (Å²) in [6.45, 7) is 9.72. The molecule has 1 aromatic rings. The van der Waals surface area contributed by atoms with Crippen LogP contribution < -0.4 is 5.32 Å². The van der Waals surface area contributed by atoms with Crippen LogP contribution in [0.25, 0.3) is 0 Å². The van der Waals surface area contributed by atoms with Crippen molar-refractivity contribution in [1.29, 1.82) is 0 Å². The Morgan fingerprint density at radius 1 is 1.04 bits per heavy atom. The molecule has 1 N–H and O–H groups in total. The average Bonchev–Trinajstić information content (AvgIpc) is 2.53. The Morgan fingerprint density at radius 2 is 1.65 bits per heavy atom. The van der Waals surface area contributed by atoms with Crippen molar-refractivity contribution in [3.8, 4) is 0 Å². The maximum Gasteiger partial charge on any atom is 0.242 e. The lowest BCUT2D eigenvalue weighted by Gasteiger charge is -2.35. The highest BCUT2D eigenvalue weighted by Gasteiger charge is 2.24. The molecule has 0 bridgehead atoms. The van der Waals surface area contributed by atoms with Gasteiger partial charge < -0.3 is 10.2 Å². The predicted octanol–water partition coefficient (Wildman–Crippen LogP) is 1.49. The molecule has 2 rings (SSSR count). The molecule has 0 saturated carbocycles. The Bertz CT molecular complexity index is 529. The summed E-state index contributed by atoms with van der Waals surface area (Å²) in [6.07, 6.45) is 0. The molecule has 5 heteroatoms. The van der Waals surface area contributed by atoms with E-state index in [1.807, 2.05) is 43.9 Å². The first-order valence-electron chi connectivity index (χ1n) is 8.18. The van der Waals surface area contributed by atoms with Gasteiger partial charge in [0.2, 0.25) is 11.8 Å². The van der Waals surface area contributed by atoms with Crippen molar-refractivity contribution in [2.75, 3.05) is 32.7 Å². The summed E-state index contributed by atoms with van der Waals surface area (Å²) in [6, 6.07) is 10.4. The zero-order valence-electron chi connectivity index (χ0n) is 14.3. The number of hydrogen-bond donors (Lipinski definition) is 1. The highest BCUT2D eigenvalue weighted by atomic mass is 16.2. The van der Waals surface area contributed by atoms with Crippen molar-refractivity contribution < 1.29 is 9.59 Å². The Kier molecular flexibility index (Phi) is 5.77. The number of rotatable bonds is 4. The van der Waals surface area contributed by atoms with E-state index in [0.29, 0.717) is 0 Å². The third kappa shape index (κ3) is 5.36. The third-order valence-electron chi connectivity index (χ3n) is 4.06. The number of nitrogens with one attached hydrogen (secondary N) is 1. The van der Waals surface area contributed by atoms with Crippen LogP contribution in [0.2, 0.25) is 0 Å². The normalized spacial score (nSPS) is 16.2. The van der Waals surface area contributed by atoms with Crippen LogP contribution in [-0.2, 0) is 16.1 Å². The molecule has 0 radical (unpaired) electrons. The minimum atomic E-state index is -0.464. The van der Waals surface area contributed by atoms with E-state index in [1.165, 1.54) is 5.56 Å². The van der Waals surface area contributed by atoms with Gasteiger partial charge in [-0.1, -0.05) is 51.1 Å². The summed E-state index contributed by atoms with van der Waals surface area (Å²) < 4.78 is 0. The van der Waals surface area contributed by atoms with Crippen molar-refractivity contribution in [2.45, 2.75) is 27.3 Å². The molecule has 1 aliphatic rings. The predicted molar refractivity (Wildman–Crippen MR) is 90.8 cm³/mol. The van der Waals surface area contributed by atoms with Gasteiger partial charge in [0.15, 0.2) is 0 Å². The van der Waals surface area contributed by atoms with Crippen LogP contribution in [0.4, 0.5) is 0 Å². The van der Waals surface area contributed by atoms with Crippen molar-refractivity contribution in [3.63, 3.8) is 0 Å². The van der Waals surface area contributed by atoms with E-state index in [2.05, 4.69) is 22.3 Å². The van der Waals surface area contributed by atoms with E-state index >= 15 is 0 Å². The number of hydrogen-bond acceptors (Lipinski definition) is 3. The summed E-state index contributed by atoms with van der Waals surface area (Å²) in [5.74, 6) is -0.0875. The van der Waals surface area contributed by atoms with E-state index in [1.54, 1.807) is 0 Å². The highest BCUT2D eigenvalue weighted by Crippen LogP contribution is 2.12. The Labute approximate surface area is 138 Å². The van der Waals surface area contributed by atoms with E-state index < -0.39 is 5.41 Å². The monoisotopic (exact) mass is 317 g/mol. The fourth-order valence-corrected chi connectivity index (χ4v) is 2.53. The van der Waals surface area contributed by atoms with E-state index in [4.69, 9.17) is 0 Å². The summed E-state index contributed by atoms with van der Waals surface area (Å²) in [4.78, 5) is 28.2. The number of carbonyl (C=O) groups is 2. The molecule has 5 nitrogen and oxygen atoms in total. The van der Waals surface area contributed by atoms with Crippen molar-refractivity contribution in [3.05, 3.63) is 35.9 Å². The maximum atomic E-state index is 12.2. The smallest absolute Gasteiger partial charge is 0.242 e. The Balaban J connectivity index is 1.73. The summed E-state index contributed by atoms with van der Waals surface area (Å²) in [7, 11) is 0. The summed E-state index contributed by atoms with van der Waals surface area (Å²) >= 11 is 0. The van der Waals surface area contributed by atoms with E-state index in [0.717, 1.165) is 32.7 Å². The lowest BCUT2D eigenvalue weighted by Crippen LogP contribution is -2.51. The number of nitrogens with zero attached hydrogens (tertiary/aromatic N) is 2. The van der Waals surface area contributed by atoms with Gasteiger partial charge in [-0.15, -0.1) is 0 Å². The molecule has 1 aromatic carbocycles. The van der Waals surface area contributed by atoms with Gasteiger partial charge in [-0.2, -0.15) is 0 Å². The van der Waals surface area contributed by atoms with E-state index in [-0.39, 0.29) is 18.4 Å². The zero-order chi connectivity index (χ0) is 16.9. The molecule has 1 saturated heterocycles. The van der Waals surface area contributed by atoms with Crippen LogP contribution in [0.1, 0.15) is 26.3 Å². The lowest BCUT2D eigenvalue weighted by atomic mass is 9.96. The van der Waals surface area contributed by atoms with Crippen LogP contribution in [0.3, 0.4) is 0 Å². The first-order valence-corrected chi connectivity index (χ1v) is 8.18. The second kappa shape index (κ2) is 7.59. The Morgan fingerprint density at radius 3 is 2.22 bits per heavy atom. The van der Waals surface area contributed by atoms with Crippen molar-refractivity contribution in [1.82, 2.24) is 15.1 Å². The Hall–Kier alpha value is -1.88. The molecule has 1 aliphatic heterocycles. The maximum absolute atomic E-state index is 12.2. The first-order chi connectivity index (χ1) is 10.9. The fraction of sp³-hybridized carbons (Fsp3) is 0.556. The largest absolute Gasteiger partial charge is 0.347 e. The van der Waals surface area contributed by atoms with Gasteiger partial charge in [0.1, 0.15) is 0 Å². The second-order valence-electron chi connectivity index (χ2n) is 7.08. The molecule has 2 amide bonds. The third-order valence-corrected chi connectivity index (χ3v) is 4.06. The molecule has 1 fully saturated rings. The minimum Gasteiger partial charge on any atom is -0.347 e. The minimum absolute atomic E-state index is 0.00182. The lowest BCUT2D eigenvalue weighted by molar-refractivity contribution is -0.136. The number of amides is 2. The van der Waals surface area contributed by atoms with E-state index in [9.17, 15) is 9.59 Å². The molecule has 0 atom stereocenters. The highest BCUT2D eigenvalue weighted by molar-refractivity contribution is 5.87. The first kappa shape index (κ1) is 17.5. The second-order valence-corrected chi connectivity index (χ2v) is 7.08. The molecular formula is C18H27N3O2. The van der Waals surface area contributed by atoms with Gasteiger partial charge in [-0.3, -0.25) is 14.5 Å². The van der Waals surface area contributed by atoms with Crippen molar-refractivity contribution >= 4 is 11.8 Å². The van der Waals surface area contributed by atoms with Crippen molar-refractivity contribution in [2.24, 2.45) is 5.41 Å². The SMILES string of the molecule is CC(C)(C)C(=O)NCC(=O)N1CCN(Cc2ccccc2)CC1. The fourth-order valence-electron chi connectivity index (χ4n) is 2.53. The summed E-state index contributed by atoms with van der Waals surface area (Å²) in [5.41, 5.74) is 0.832. The number of benzene rings is 1. The van der Waals surface area contributed by atoms with Gasteiger partial charge in [0.05, 0.1) is 6.54 Å². The molecule has 1 heterocycles. The van der Waals surface area contributed by atoms with Crippen LogP contribution in [0.5, 0.6) is 0 Å². The number of carbonyl (C=O) groups excluding carboxylic acids is 2. The molecule has 23 heavy (non-hydrogen) atoms. The van der Waals surface area contributed by atoms with Gasteiger partial charge in [-0.05, 0) is 5.56 Å². The quantitative estimate of drug-likeness (QED) is 0.915. The zero-order valence-corrected chi connectivity index (χ0v) is 14.3. The van der Waals surface area contributed by atoms with Crippen LogP contribution in [0.15, 0.2) is 30.3 Å². The topological polar surface area (TPSA) is 52.7 Å². The van der Waals surface area contributed by atoms with Crippen LogP contribution in [0, 0.1) is 5.41 Å². The van der Waals surface area contributed by atoms with Gasteiger partial charge in [0, 0.05) is 38.1 Å². The van der Waals surface area contributed by atoms with Crippen LogP contribution >= 0.6 is 0 Å². The van der Waals surface area contributed by atoms with Gasteiger partial charge >= 0.3 is 0 Å². The molecule has 0 aromatic heterocycles. The molecule has 0 spiro atoms. The number of piperazine rings is 1. The molecule has 126 valence electrons.